The first kappa shape index (κ1) is 26.8. The Bertz CT molecular complexity index is 1260. The quantitative estimate of drug-likeness (QED) is 0.298. The van der Waals surface area contributed by atoms with Gasteiger partial charge in [-0.1, -0.05) is 12.1 Å². The van der Waals surface area contributed by atoms with E-state index in [1.807, 2.05) is 6.92 Å². The molecule has 1 unspecified atom stereocenters. The van der Waals surface area contributed by atoms with Crippen LogP contribution in [0, 0.1) is 22.9 Å². The summed E-state index contributed by atoms with van der Waals surface area (Å²) in [5.41, 5.74) is 0.989. The molecule has 1 N–H and O–H groups in total. The number of nitro groups is 1. The number of furan rings is 1. The minimum absolute atomic E-state index is 0.0982. The van der Waals surface area contributed by atoms with Crippen molar-refractivity contribution >= 4 is 23.3 Å². The Hall–Kier alpha value is -4.25. The number of carbonyl (C=O) groups excluding carboxylic acids is 2. The number of benzene rings is 2. The van der Waals surface area contributed by atoms with E-state index >= 15 is 0 Å². The fourth-order valence-electron chi connectivity index (χ4n) is 4.19. The molecule has 1 fully saturated rings. The van der Waals surface area contributed by atoms with E-state index in [0.717, 1.165) is 18.4 Å². The first-order chi connectivity index (χ1) is 18.3. The van der Waals surface area contributed by atoms with Crippen LogP contribution in [-0.4, -0.2) is 52.5 Å². The Morgan fingerprint density at radius 1 is 1.05 bits per heavy atom. The summed E-state index contributed by atoms with van der Waals surface area (Å²) in [6.45, 7) is 2.72. The number of rotatable bonds is 10. The van der Waals surface area contributed by atoms with Crippen molar-refractivity contribution in [3.63, 3.8) is 0 Å². The van der Waals surface area contributed by atoms with Gasteiger partial charge in [0.1, 0.15) is 23.9 Å². The lowest BCUT2D eigenvalue weighted by atomic mass is 10.2. The van der Waals surface area contributed by atoms with Crippen molar-refractivity contribution in [1.29, 1.82) is 0 Å². The summed E-state index contributed by atoms with van der Waals surface area (Å²) in [4.78, 5) is 40.1. The predicted octanol–water partition coefficient (Wildman–Crippen LogP) is 4.88. The molecule has 0 aliphatic carbocycles. The zero-order valence-electron chi connectivity index (χ0n) is 21.0. The van der Waals surface area contributed by atoms with Gasteiger partial charge in [-0.15, -0.1) is 0 Å². The van der Waals surface area contributed by atoms with Gasteiger partial charge in [-0.25, -0.2) is 9.18 Å². The molecule has 2 heterocycles. The van der Waals surface area contributed by atoms with Gasteiger partial charge in [0.25, 0.3) is 5.69 Å². The predicted molar refractivity (Wildman–Crippen MR) is 137 cm³/mol. The van der Waals surface area contributed by atoms with Crippen LogP contribution in [0.5, 0.6) is 0 Å². The lowest BCUT2D eigenvalue weighted by Gasteiger charge is -2.29. The van der Waals surface area contributed by atoms with Crippen molar-refractivity contribution < 1.29 is 28.1 Å². The highest BCUT2D eigenvalue weighted by atomic mass is 19.1. The molecule has 3 aromatic rings. The van der Waals surface area contributed by atoms with E-state index < -0.39 is 11.0 Å². The van der Waals surface area contributed by atoms with E-state index in [-0.39, 0.29) is 49.7 Å². The minimum Gasteiger partial charge on any atom is -0.464 e. The number of nitrogens with zero attached hydrogens (tertiary/aromatic N) is 3. The highest BCUT2D eigenvalue weighted by molar-refractivity contribution is 5.92. The van der Waals surface area contributed by atoms with Crippen LogP contribution in [0.2, 0.25) is 0 Å². The van der Waals surface area contributed by atoms with Crippen LogP contribution in [-0.2, 0) is 22.6 Å². The number of halogens is 1. The molecule has 0 radical (unpaired) electrons. The highest BCUT2D eigenvalue weighted by Crippen LogP contribution is 2.19. The lowest BCUT2D eigenvalue weighted by molar-refractivity contribution is -0.384. The van der Waals surface area contributed by atoms with Crippen LogP contribution in [0.3, 0.4) is 0 Å². The largest absolute Gasteiger partial charge is 0.464 e. The van der Waals surface area contributed by atoms with Gasteiger partial charge in [-0.2, -0.15) is 0 Å². The third-order valence-corrected chi connectivity index (χ3v) is 6.17. The van der Waals surface area contributed by atoms with Crippen molar-refractivity contribution in [2.75, 3.05) is 25.0 Å². The second-order valence-electron chi connectivity index (χ2n) is 9.14. The Morgan fingerprint density at radius 3 is 2.39 bits per heavy atom. The zero-order chi connectivity index (χ0) is 27.1. The Kier molecular flexibility index (Phi) is 8.70. The van der Waals surface area contributed by atoms with E-state index in [2.05, 4.69) is 5.32 Å². The van der Waals surface area contributed by atoms with Crippen LogP contribution in [0.1, 0.15) is 29.9 Å². The number of urea groups is 1. The SMILES string of the molecule is Cc1ccc(CN(Cc2ccc(F)cc2)C(=O)CN(CC2CCCO2)C(=O)Nc2ccc([N+](=O)[O-])cc2)o1. The van der Waals surface area contributed by atoms with E-state index in [1.54, 1.807) is 29.2 Å². The molecule has 4 rings (SSSR count). The van der Waals surface area contributed by atoms with Gasteiger partial charge in [0, 0.05) is 37.5 Å². The topological polar surface area (TPSA) is 118 Å². The van der Waals surface area contributed by atoms with Gasteiger partial charge >= 0.3 is 6.03 Å². The van der Waals surface area contributed by atoms with Gasteiger partial charge < -0.3 is 24.3 Å². The number of non-ortho nitro benzene ring substituents is 1. The van der Waals surface area contributed by atoms with Crippen molar-refractivity contribution in [3.8, 4) is 0 Å². The molecule has 1 saturated heterocycles. The van der Waals surface area contributed by atoms with E-state index in [0.29, 0.717) is 23.8 Å². The first-order valence-electron chi connectivity index (χ1n) is 12.3. The van der Waals surface area contributed by atoms with Crippen LogP contribution in [0.15, 0.2) is 65.1 Å². The highest BCUT2D eigenvalue weighted by Gasteiger charge is 2.27. The molecule has 3 amide bonds. The molecule has 0 spiro atoms. The minimum atomic E-state index is -0.529. The fourth-order valence-corrected chi connectivity index (χ4v) is 4.19. The number of amides is 3. The zero-order valence-corrected chi connectivity index (χ0v) is 21.0. The van der Waals surface area contributed by atoms with Crippen molar-refractivity contribution in [2.45, 2.75) is 39.0 Å². The number of nitro benzene ring substituents is 1. The van der Waals surface area contributed by atoms with Crippen molar-refractivity contribution in [3.05, 3.63) is 93.7 Å². The van der Waals surface area contributed by atoms with Crippen LogP contribution in [0.4, 0.5) is 20.6 Å². The van der Waals surface area contributed by atoms with Gasteiger partial charge in [-0.3, -0.25) is 14.9 Å². The maximum atomic E-state index is 13.6. The second-order valence-corrected chi connectivity index (χ2v) is 9.14. The van der Waals surface area contributed by atoms with Gasteiger partial charge in [0.2, 0.25) is 5.91 Å². The summed E-state index contributed by atoms with van der Waals surface area (Å²) in [5.74, 6) is 0.579. The van der Waals surface area contributed by atoms with E-state index in [1.165, 1.54) is 41.3 Å². The number of hydrogen-bond donors (Lipinski definition) is 1. The molecule has 38 heavy (non-hydrogen) atoms. The number of carbonyl (C=O) groups is 2. The average molecular weight is 525 g/mol. The van der Waals surface area contributed by atoms with Crippen LogP contribution >= 0.6 is 0 Å². The molecular weight excluding hydrogens is 495 g/mol. The molecule has 1 aliphatic rings. The summed E-state index contributed by atoms with van der Waals surface area (Å²) in [6, 6.07) is 14.4. The molecular formula is C27H29FN4O6. The van der Waals surface area contributed by atoms with Crippen molar-refractivity contribution in [1.82, 2.24) is 9.80 Å². The molecule has 1 aromatic heterocycles. The fraction of sp³-hybridized carbons (Fsp3) is 0.333. The molecule has 11 heteroatoms. The summed E-state index contributed by atoms with van der Waals surface area (Å²) in [5, 5.41) is 13.6. The van der Waals surface area contributed by atoms with Crippen LogP contribution < -0.4 is 5.32 Å². The van der Waals surface area contributed by atoms with Gasteiger partial charge in [0.05, 0.1) is 17.6 Å². The van der Waals surface area contributed by atoms with Crippen molar-refractivity contribution in [2.24, 2.45) is 0 Å². The standard InChI is InChI=1S/C27H29FN4O6/c1-19-4-13-25(38-19)17-30(15-20-5-7-21(28)8-6-20)26(33)18-31(16-24-3-2-14-37-24)27(34)29-22-9-11-23(12-10-22)32(35)36/h4-13,24H,2-3,14-18H2,1H3,(H,29,34). The number of anilines is 1. The molecule has 1 atom stereocenters. The third-order valence-electron chi connectivity index (χ3n) is 6.17. The molecule has 0 bridgehead atoms. The molecule has 200 valence electrons. The summed E-state index contributed by atoms with van der Waals surface area (Å²) < 4.78 is 24.8. The maximum Gasteiger partial charge on any atom is 0.322 e. The second kappa shape index (κ2) is 12.3. The van der Waals surface area contributed by atoms with Gasteiger partial charge in [-0.05, 0) is 61.7 Å². The molecule has 10 nitrogen and oxygen atoms in total. The molecule has 0 saturated carbocycles. The number of hydrogen-bond acceptors (Lipinski definition) is 6. The summed E-state index contributed by atoms with van der Waals surface area (Å²) in [6.07, 6.45) is 1.43. The lowest BCUT2D eigenvalue weighted by Crippen LogP contribution is -2.46. The third kappa shape index (κ3) is 7.39. The normalized spacial score (nSPS) is 14.7. The Morgan fingerprint density at radius 2 is 1.79 bits per heavy atom. The monoisotopic (exact) mass is 524 g/mol. The Balaban J connectivity index is 1.51. The smallest absolute Gasteiger partial charge is 0.322 e. The van der Waals surface area contributed by atoms with E-state index in [4.69, 9.17) is 9.15 Å². The number of nitrogens with one attached hydrogen (secondary N) is 1. The molecule has 2 aromatic carbocycles. The maximum absolute atomic E-state index is 13.6. The first-order valence-corrected chi connectivity index (χ1v) is 12.3. The van der Waals surface area contributed by atoms with Gasteiger partial charge in [0.15, 0.2) is 0 Å². The molecule has 1 aliphatic heterocycles. The summed E-state index contributed by atoms with van der Waals surface area (Å²) in [7, 11) is 0. The average Bonchev–Trinajstić information content (AvgIpc) is 3.56. The van der Waals surface area contributed by atoms with Crippen LogP contribution in [0.25, 0.3) is 0 Å². The summed E-state index contributed by atoms with van der Waals surface area (Å²) >= 11 is 0. The van der Waals surface area contributed by atoms with E-state index in [9.17, 15) is 24.1 Å². The number of ether oxygens (including phenoxy) is 1. The number of aryl methyl sites for hydroxylation is 1. The Labute approximate surface area is 219 Å².